The van der Waals surface area contributed by atoms with Crippen LogP contribution in [0.15, 0.2) is 35.2 Å². The summed E-state index contributed by atoms with van der Waals surface area (Å²) in [6.45, 7) is 3.72. The van der Waals surface area contributed by atoms with Crippen LogP contribution in [0, 0.1) is 11.8 Å². The Hall–Kier alpha value is -1.40. The Bertz CT molecular complexity index is 511. The fourth-order valence-electron chi connectivity index (χ4n) is 1.73. The van der Waals surface area contributed by atoms with Gasteiger partial charge in [-0.25, -0.2) is 13.1 Å². The van der Waals surface area contributed by atoms with Gasteiger partial charge in [0.25, 0.3) is 0 Å². The van der Waals surface area contributed by atoms with Crippen molar-refractivity contribution in [3.05, 3.63) is 30.3 Å². The number of hydrogen-bond acceptors (Lipinski definition) is 3. The average Bonchev–Trinajstić information content (AvgIpc) is 2.35. The Labute approximate surface area is 113 Å². The van der Waals surface area contributed by atoms with Crippen molar-refractivity contribution in [1.82, 2.24) is 4.72 Å². The van der Waals surface area contributed by atoms with Crippen molar-refractivity contribution in [2.24, 2.45) is 11.8 Å². The predicted octanol–water partition coefficient (Wildman–Crippen LogP) is 1.71. The molecule has 0 spiro atoms. The van der Waals surface area contributed by atoms with Gasteiger partial charge >= 0.3 is 5.97 Å². The van der Waals surface area contributed by atoms with Gasteiger partial charge < -0.3 is 5.11 Å². The fourth-order valence-corrected chi connectivity index (χ4v) is 2.84. The van der Waals surface area contributed by atoms with Gasteiger partial charge in [0.1, 0.15) is 0 Å². The summed E-state index contributed by atoms with van der Waals surface area (Å²) in [6.07, 6.45) is 0.437. The van der Waals surface area contributed by atoms with Crippen LogP contribution in [0.3, 0.4) is 0 Å². The zero-order valence-electron chi connectivity index (χ0n) is 11.0. The lowest BCUT2D eigenvalue weighted by Crippen LogP contribution is -2.33. The zero-order valence-corrected chi connectivity index (χ0v) is 11.9. The molecule has 106 valence electrons. The number of benzene rings is 1. The van der Waals surface area contributed by atoms with Gasteiger partial charge in [-0.05, 0) is 24.5 Å². The van der Waals surface area contributed by atoms with E-state index >= 15 is 0 Å². The molecule has 1 aromatic carbocycles. The van der Waals surface area contributed by atoms with E-state index in [0.717, 1.165) is 0 Å². The van der Waals surface area contributed by atoms with Gasteiger partial charge in [-0.15, -0.1) is 0 Å². The van der Waals surface area contributed by atoms with E-state index in [0.29, 0.717) is 6.42 Å². The highest BCUT2D eigenvalue weighted by atomic mass is 32.2. The Kier molecular flexibility index (Phi) is 5.50. The van der Waals surface area contributed by atoms with Gasteiger partial charge in [-0.3, -0.25) is 4.79 Å². The molecule has 0 aliphatic rings. The first-order valence-electron chi connectivity index (χ1n) is 6.10. The minimum absolute atomic E-state index is 0.0925. The maximum absolute atomic E-state index is 11.9. The molecule has 6 heteroatoms. The minimum Gasteiger partial charge on any atom is -0.481 e. The molecule has 0 fully saturated rings. The maximum Gasteiger partial charge on any atom is 0.307 e. The largest absolute Gasteiger partial charge is 0.481 e. The normalized spacial score (nSPS) is 13.4. The van der Waals surface area contributed by atoms with Gasteiger partial charge in [0.15, 0.2) is 0 Å². The molecule has 0 saturated carbocycles. The van der Waals surface area contributed by atoms with Crippen LogP contribution in [-0.4, -0.2) is 26.0 Å². The molecule has 0 saturated heterocycles. The Balaban J connectivity index is 2.71. The van der Waals surface area contributed by atoms with Crippen LogP contribution in [0.5, 0.6) is 0 Å². The first kappa shape index (κ1) is 15.7. The molecule has 1 rings (SSSR count). The summed E-state index contributed by atoms with van der Waals surface area (Å²) in [7, 11) is -3.64. The molecule has 1 unspecified atom stereocenters. The molecule has 0 amide bonds. The van der Waals surface area contributed by atoms with Crippen molar-refractivity contribution < 1.29 is 18.3 Å². The van der Waals surface area contributed by atoms with E-state index < -0.39 is 21.9 Å². The molecule has 5 nitrogen and oxygen atoms in total. The van der Waals surface area contributed by atoms with E-state index in [-0.39, 0.29) is 17.4 Å². The van der Waals surface area contributed by atoms with Gasteiger partial charge in [0, 0.05) is 6.54 Å². The Morgan fingerprint density at radius 2 is 1.84 bits per heavy atom. The molecule has 0 bridgehead atoms. The minimum atomic E-state index is -3.64. The quantitative estimate of drug-likeness (QED) is 0.799. The van der Waals surface area contributed by atoms with Crippen LogP contribution in [0.2, 0.25) is 0 Å². The van der Waals surface area contributed by atoms with Crippen LogP contribution in [-0.2, 0) is 14.8 Å². The van der Waals surface area contributed by atoms with E-state index in [1.807, 2.05) is 13.8 Å². The van der Waals surface area contributed by atoms with Gasteiger partial charge in [0.2, 0.25) is 10.0 Å². The lowest BCUT2D eigenvalue weighted by Gasteiger charge is -2.15. The second kappa shape index (κ2) is 6.68. The van der Waals surface area contributed by atoms with Crippen molar-refractivity contribution >= 4 is 16.0 Å². The number of rotatable bonds is 7. The first-order valence-corrected chi connectivity index (χ1v) is 7.58. The number of hydrogen-bond donors (Lipinski definition) is 2. The Morgan fingerprint density at radius 3 is 2.32 bits per heavy atom. The third-order valence-corrected chi connectivity index (χ3v) is 4.12. The summed E-state index contributed by atoms with van der Waals surface area (Å²) in [5, 5.41) is 9.05. The highest BCUT2D eigenvalue weighted by Crippen LogP contribution is 2.13. The van der Waals surface area contributed by atoms with Crippen LogP contribution in [0.1, 0.15) is 20.3 Å². The molecule has 0 aliphatic heterocycles. The third kappa shape index (κ3) is 5.00. The summed E-state index contributed by atoms with van der Waals surface area (Å²) in [5.74, 6) is -1.50. The monoisotopic (exact) mass is 285 g/mol. The SMILES string of the molecule is CC(C)CC(CNS(=O)(=O)c1ccccc1)C(=O)O. The molecule has 0 radical (unpaired) electrons. The van der Waals surface area contributed by atoms with E-state index in [1.54, 1.807) is 18.2 Å². The van der Waals surface area contributed by atoms with Crippen molar-refractivity contribution in [3.8, 4) is 0 Å². The smallest absolute Gasteiger partial charge is 0.307 e. The fraction of sp³-hybridized carbons (Fsp3) is 0.462. The molecule has 2 N–H and O–H groups in total. The van der Waals surface area contributed by atoms with E-state index in [4.69, 9.17) is 5.11 Å². The molecule has 1 atom stereocenters. The third-order valence-electron chi connectivity index (χ3n) is 2.68. The van der Waals surface area contributed by atoms with E-state index in [1.165, 1.54) is 12.1 Å². The average molecular weight is 285 g/mol. The number of aliphatic carboxylic acids is 1. The lowest BCUT2D eigenvalue weighted by molar-refractivity contribution is -0.142. The zero-order chi connectivity index (χ0) is 14.5. The highest BCUT2D eigenvalue weighted by Gasteiger charge is 2.22. The molecule has 1 aromatic rings. The summed E-state index contributed by atoms with van der Waals surface area (Å²) in [6, 6.07) is 7.91. The van der Waals surface area contributed by atoms with Crippen LogP contribution in [0.4, 0.5) is 0 Å². The number of carboxylic acid groups (broad SMARTS) is 1. The van der Waals surface area contributed by atoms with Crippen molar-refractivity contribution in [2.45, 2.75) is 25.2 Å². The summed E-state index contributed by atoms with van der Waals surface area (Å²) >= 11 is 0. The lowest BCUT2D eigenvalue weighted by atomic mass is 9.98. The molecule has 0 aromatic heterocycles. The molecule has 0 aliphatic carbocycles. The van der Waals surface area contributed by atoms with Crippen molar-refractivity contribution in [1.29, 1.82) is 0 Å². The van der Waals surface area contributed by atoms with Gasteiger partial charge in [-0.1, -0.05) is 32.0 Å². The van der Waals surface area contributed by atoms with Crippen LogP contribution in [0.25, 0.3) is 0 Å². The highest BCUT2D eigenvalue weighted by molar-refractivity contribution is 7.89. The number of sulfonamides is 1. The standard InChI is InChI=1S/C13H19NO4S/c1-10(2)8-11(13(15)16)9-14-19(17,18)12-6-4-3-5-7-12/h3-7,10-11,14H,8-9H2,1-2H3,(H,15,16). The van der Waals surface area contributed by atoms with Crippen molar-refractivity contribution in [2.75, 3.05) is 6.54 Å². The molecular weight excluding hydrogens is 266 g/mol. The predicted molar refractivity (Wildman–Crippen MR) is 72.2 cm³/mol. The van der Waals surface area contributed by atoms with E-state index in [2.05, 4.69) is 4.72 Å². The molecular formula is C13H19NO4S. The van der Waals surface area contributed by atoms with Crippen LogP contribution < -0.4 is 4.72 Å². The number of nitrogens with one attached hydrogen (secondary N) is 1. The first-order chi connectivity index (χ1) is 8.83. The van der Waals surface area contributed by atoms with Crippen molar-refractivity contribution in [3.63, 3.8) is 0 Å². The summed E-state index contributed by atoms with van der Waals surface area (Å²) < 4.78 is 26.2. The maximum atomic E-state index is 11.9. The van der Waals surface area contributed by atoms with Gasteiger partial charge in [0.05, 0.1) is 10.8 Å². The van der Waals surface area contributed by atoms with Gasteiger partial charge in [-0.2, -0.15) is 0 Å². The Morgan fingerprint density at radius 1 is 1.26 bits per heavy atom. The number of carboxylic acids is 1. The summed E-state index contributed by atoms with van der Waals surface area (Å²) in [4.78, 5) is 11.2. The second-order valence-corrected chi connectivity index (χ2v) is 6.60. The second-order valence-electron chi connectivity index (χ2n) is 4.83. The number of carbonyl (C=O) groups is 1. The van der Waals surface area contributed by atoms with E-state index in [9.17, 15) is 13.2 Å². The van der Waals surface area contributed by atoms with Crippen LogP contribution >= 0.6 is 0 Å². The molecule has 0 heterocycles. The topological polar surface area (TPSA) is 83.5 Å². The molecule has 19 heavy (non-hydrogen) atoms. The summed E-state index contributed by atoms with van der Waals surface area (Å²) in [5.41, 5.74) is 0.